The van der Waals surface area contributed by atoms with E-state index in [9.17, 15) is 9.59 Å². The molecule has 1 saturated heterocycles. The van der Waals surface area contributed by atoms with Crippen molar-refractivity contribution >= 4 is 25.2 Å². The van der Waals surface area contributed by atoms with E-state index in [-0.39, 0.29) is 23.2 Å². The zero-order valence-corrected chi connectivity index (χ0v) is 25.1. The fourth-order valence-electron chi connectivity index (χ4n) is 4.15. The lowest BCUT2D eigenvalue weighted by atomic mass is 10.1. The number of pyridine rings is 1. The standard InChI is InChI=1S/C28H38N6O4Si/c1-9-12-37-26-20(14-18(15-29-26)11-13-39(6,7)8)24-30-22-21(10-2)34(32-23(22)25(35)31-24)19-16-33(17-19)27(36)38-28(3,4)5/h14-15,19H,9-10,12,16-17H2,1-8H3,(H,30,31,35). The number of ether oxygens (including phenoxy) is 2. The molecule has 3 aromatic rings. The predicted octanol–water partition coefficient (Wildman–Crippen LogP) is 4.55. The number of hydrogen-bond donors (Lipinski definition) is 1. The molecule has 1 aliphatic rings. The maximum Gasteiger partial charge on any atom is 0.410 e. The molecule has 1 amide bonds. The number of carbonyl (C=O) groups excluding carboxylic acids is 1. The van der Waals surface area contributed by atoms with Gasteiger partial charge in [0.15, 0.2) is 5.52 Å². The first kappa shape index (κ1) is 28.4. The van der Waals surface area contributed by atoms with Crippen LogP contribution in [0, 0.1) is 11.5 Å². The molecule has 0 bridgehead atoms. The summed E-state index contributed by atoms with van der Waals surface area (Å²) in [6.07, 6.45) is 2.78. The Bertz CT molecular complexity index is 1500. The highest BCUT2D eigenvalue weighted by Crippen LogP contribution is 2.30. The Hall–Kier alpha value is -3.65. The number of fused-ring (bicyclic) bond motifs is 1. The van der Waals surface area contributed by atoms with E-state index in [2.05, 4.69) is 46.2 Å². The van der Waals surface area contributed by atoms with Gasteiger partial charge in [-0.05, 0) is 39.7 Å². The van der Waals surface area contributed by atoms with E-state index in [1.54, 1.807) is 11.1 Å². The van der Waals surface area contributed by atoms with Gasteiger partial charge in [0, 0.05) is 24.8 Å². The summed E-state index contributed by atoms with van der Waals surface area (Å²) in [7, 11) is -1.60. The van der Waals surface area contributed by atoms with Gasteiger partial charge in [0.05, 0.1) is 23.9 Å². The number of hydrogen-bond acceptors (Lipinski definition) is 7. The second-order valence-corrected chi connectivity index (χ2v) is 16.6. The molecule has 1 fully saturated rings. The van der Waals surface area contributed by atoms with E-state index < -0.39 is 13.7 Å². The normalized spacial score (nSPS) is 14.1. The van der Waals surface area contributed by atoms with Gasteiger partial charge in [-0.25, -0.2) is 14.8 Å². The molecule has 0 aromatic carbocycles. The van der Waals surface area contributed by atoms with Gasteiger partial charge < -0.3 is 19.4 Å². The largest absolute Gasteiger partial charge is 0.477 e. The molecule has 0 unspecified atom stereocenters. The molecule has 1 N–H and O–H groups in total. The minimum absolute atomic E-state index is 0.0604. The molecular formula is C28H38N6O4Si. The Morgan fingerprint density at radius 1 is 1.21 bits per heavy atom. The lowest BCUT2D eigenvalue weighted by Crippen LogP contribution is -2.52. The molecule has 3 aromatic heterocycles. The first-order valence-electron chi connectivity index (χ1n) is 13.5. The highest BCUT2D eigenvalue weighted by molar-refractivity contribution is 6.83. The summed E-state index contributed by atoms with van der Waals surface area (Å²) in [4.78, 5) is 39.6. The number of amides is 1. The van der Waals surface area contributed by atoms with Gasteiger partial charge >= 0.3 is 6.09 Å². The Morgan fingerprint density at radius 3 is 2.54 bits per heavy atom. The van der Waals surface area contributed by atoms with Crippen LogP contribution in [0.5, 0.6) is 5.88 Å². The van der Waals surface area contributed by atoms with Crippen molar-refractivity contribution in [3.05, 3.63) is 33.9 Å². The molecule has 1 aliphatic heterocycles. The minimum atomic E-state index is -1.60. The van der Waals surface area contributed by atoms with E-state index in [0.717, 1.165) is 17.7 Å². The van der Waals surface area contributed by atoms with E-state index in [0.29, 0.717) is 48.9 Å². The first-order valence-corrected chi connectivity index (χ1v) is 17.0. The number of aromatic nitrogens is 5. The van der Waals surface area contributed by atoms with Crippen LogP contribution in [-0.2, 0) is 11.2 Å². The third-order valence-electron chi connectivity index (χ3n) is 5.98. The molecule has 0 spiro atoms. The van der Waals surface area contributed by atoms with Crippen molar-refractivity contribution in [1.82, 2.24) is 29.6 Å². The topological polar surface area (TPSA) is 115 Å². The van der Waals surface area contributed by atoms with Crippen molar-refractivity contribution in [1.29, 1.82) is 0 Å². The fraction of sp³-hybridized carbons (Fsp3) is 0.536. The molecule has 4 rings (SSSR count). The molecular weight excluding hydrogens is 512 g/mol. The highest BCUT2D eigenvalue weighted by atomic mass is 28.3. The average molecular weight is 551 g/mol. The second-order valence-electron chi connectivity index (χ2n) is 11.8. The number of nitrogens with one attached hydrogen (secondary N) is 1. The molecule has 4 heterocycles. The second kappa shape index (κ2) is 10.8. The Balaban J connectivity index is 1.72. The van der Waals surface area contributed by atoms with Gasteiger partial charge in [-0.2, -0.15) is 5.10 Å². The minimum Gasteiger partial charge on any atom is -0.477 e. The number of rotatable bonds is 6. The zero-order valence-electron chi connectivity index (χ0n) is 24.1. The quantitative estimate of drug-likeness (QED) is 0.354. The van der Waals surface area contributed by atoms with Gasteiger partial charge in [-0.15, -0.1) is 5.54 Å². The Kier molecular flexibility index (Phi) is 7.89. The third kappa shape index (κ3) is 6.50. The van der Waals surface area contributed by atoms with Crippen LogP contribution >= 0.6 is 0 Å². The lowest BCUT2D eigenvalue weighted by Gasteiger charge is -2.40. The maximum absolute atomic E-state index is 13.2. The SMILES string of the molecule is CCCOc1ncc(C#C[Si](C)(C)C)cc1-c1nc2c(CC)n(C3CN(C(=O)OC(C)(C)C)C3)nc2c(=O)[nH]1. The fourth-order valence-corrected chi connectivity index (χ4v) is 4.67. The number of carbonyl (C=O) groups is 1. The molecule has 39 heavy (non-hydrogen) atoms. The van der Waals surface area contributed by atoms with Crippen molar-refractivity contribution < 1.29 is 14.3 Å². The molecule has 0 radical (unpaired) electrons. The summed E-state index contributed by atoms with van der Waals surface area (Å²) in [5.41, 5.74) is 5.42. The van der Waals surface area contributed by atoms with Crippen LogP contribution in [0.25, 0.3) is 22.4 Å². The van der Waals surface area contributed by atoms with E-state index in [1.165, 1.54) is 0 Å². The number of aromatic amines is 1. The first-order chi connectivity index (χ1) is 18.3. The van der Waals surface area contributed by atoms with Crippen LogP contribution in [0.15, 0.2) is 17.1 Å². The summed E-state index contributed by atoms with van der Waals surface area (Å²) >= 11 is 0. The molecule has 0 saturated carbocycles. The number of likely N-dealkylation sites (tertiary alicyclic amines) is 1. The summed E-state index contributed by atoms with van der Waals surface area (Å²) in [5.74, 6) is 3.99. The van der Waals surface area contributed by atoms with Crippen LogP contribution in [0.3, 0.4) is 0 Å². The van der Waals surface area contributed by atoms with Crippen molar-refractivity contribution in [2.45, 2.75) is 78.7 Å². The van der Waals surface area contributed by atoms with Crippen LogP contribution in [-0.4, -0.2) is 69.1 Å². The number of nitrogens with zero attached hydrogens (tertiary/aromatic N) is 5. The van der Waals surface area contributed by atoms with Crippen LogP contribution in [0.4, 0.5) is 4.79 Å². The van der Waals surface area contributed by atoms with Crippen molar-refractivity contribution in [3.8, 4) is 28.7 Å². The predicted molar refractivity (Wildman–Crippen MR) is 154 cm³/mol. The molecule has 0 aliphatic carbocycles. The van der Waals surface area contributed by atoms with Crippen LogP contribution in [0.1, 0.15) is 58.3 Å². The van der Waals surface area contributed by atoms with Gasteiger partial charge in [-0.1, -0.05) is 39.4 Å². The molecule has 208 valence electrons. The van der Waals surface area contributed by atoms with Crippen molar-refractivity contribution in [2.75, 3.05) is 19.7 Å². The number of H-pyrrole nitrogens is 1. The van der Waals surface area contributed by atoms with Crippen LogP contribution in [0.2, 0.25) is 19.6 Å². The van der Waals surface area contributed by atoms with E-state index >= 15 is 0 Å². The summed E-state index contributed by atoms with van der Waals surface area (Å²) in [6.45, 7) is 17.5. The van der Waals surface area contributed by atoms with Gasteiger partial charge in [-0.3, -0.25) is 9.48 Å². The van der Waals surface area contributed by atoms with Crippen molar-refractivity contribution in [2.24, 2.45) is 0 Å². The van der Waals surface area contributed by atoms with Gasteiger partial charge in [0.25, 0.3) is 5.56 Å². The smallest absolute Gasteiger partial charge is 0.410 e. The zero-order chi connectivity index (χ0) is 28.5. The lowest BCUT2D eigenvalue weighted by molar-refractivity contribution is -0.000641. The Morgan fingerprint density at radius 2 is 1.92 bits per heavy atom. The number of aryl methyl sites for hydroxylation is 1. The average Bonchev–Trinajstić information content (AvgIpc) is 3.17. The summed E-state index contributed by atoms with van der Waals surface area (Å²) in [5, 5.41) is 4.62. The van der Waals surface area contributed by atoms with E-state index in [1.807, 2.05) is 45.4 Å². The molecule has 0 atom stereocenters. The van der Waals surface area contributed by atoms with Crippen molar-refractivity contribution in [3.63, 3.8) is 0 Å². The monoisotopic (exact) mass is 550 g/mol. The summed E-state index contributed by atoms with van der Waals surface area (Å²) in [6, 6.07) is 1.81. The van der Waals surface area contributed by atoms with Gasteiger partial charge in [0.1, 0.15) is 25.0 Å². The van der Waals surface area contributed by atoms with E-state index in [4.69, 9.17) is 14.5 Å². The van der Waals surface area contributed by atoms with Gasteiger partial charge in [0.2, 0.25) is 5.88 Å². The highest BCUT2D eigenvalue weighted by Gasteiger charge is 2.37. The maximum atomic E-state index is 13.2. The molecule has 10 nitrogen and oxygen atoms in total. The Labute approximate surface area is 230 Å². The summed E-state index contributed by atoms with van der Waals surface area (Å²) < 4.78 is 13.2. The molecule has 11 heteroatoms. The third-order valence-corrected chi connectivity index (χ3v) is 6.85. The van der Waals surface area contributed by atoms with Crippen LogP contribution < -0.4 is 10.3 Å².